The van der Waals surface area contributed by atoms with Crippen LogP contribution in [0.25, 0.3) is 0 Å². The molecule has 2 N–H and O–H groups in total. The zero-order chi connectivity index (χ0) is 19.7. The first-order valence-corrected chi connectivity index (χ1v) is 12.1. The predicted octanol–water partition coefficient (Wildman–Crippen LogP) is 5.60. The number of nitrogens with one attached hydrogen (secondary N) is 1. The van der Waals surface area contributed by atoms with Gasteiger partial charge < -0.3 is 5.32 Å². The van der Waals surface area contributed by atoms with Gasteiger partial charge in [0.2, 0.25) is 5.91 Å². The Labute approximate surface area is 161 Å². The summed E-state index contributed by atoms with van der Waals surface area (Å²) in [4.78, 5) is 11.5. The molecule has 156 valence electrons. The zero-order valence-corrected chi connectivity index (χ0v) is 17.8. The van der Waals surface area contributed by atoms with Crippen LogP contribution in [-0.4, -0.2) is 24.3 Å². The summed E-state index contributed by atoms with van der Waals surface area (Å²) >= 11 is 0. The number of hydrogen-bond donors (Lipinski definition) is 2. The molecule has 0 fully saturated rings. The maximum absolute atomic E-state index is 11.5. The van der Waals surface area contributed by atoms with Gasteiger partial charge in [0.25, 0.3) is 10.1 Å². The summed E-state index contributed by atoms with van der Waals surface area (Å²) in [6.07, 6.45) is 19.4. The molecule has 0 saturated carbocycles. The molecule has 0 aromatic carbocycles. The van der Waals surface area contributed by atoms with Crippen LogP contribution in [0.2, 0.25) is 0 Å². The van der Waals surface area contributed by atoms with E-state index in [1.54, 1.807) is 0 Å². The average molecular weight is 392 g/mol. The molecule has 0 radical (unpaired) electrons. The Kier molecular flexibility index (Phi) is 16.2. The maximum atomic E-state index is 11.5. The van der Waals surface area contributed by atoms with Crippen LogP contribution in [-0.2, 0) is 14.9 Å². The molecule has 6 heteroatoms. The Hall–Kier alpha value is -0.620. The van der Waals surface area contributed by atoms with E-state index in [0.29, 0.717) is 6.42 Å². The van der Waals surface area contributed by atoms with Crippen molar-refractivity contribution in [2.75, 3.05) is 0 Å². The fourth-order valence-electron chi connectivity index (χ4n) is 3.03. The van der Waals surface area contributed by atoms with Crippen LogP contribution in [0.15, 0.2) is 0 Å². The van der Waals surface area contributed by atoms with Crippen molar-refractivity contribution in [3.63, 3.8) is 0 Å². The van der Waals surface area contributed by atoms with E-state index in [2.05, 4.69) is 12.2 Å². The van der Waals surface area contributed by atoms with Crippen molar-refractivity contribution < 1.29 is 17.8 Å². The largest absolute Gasteiger partial charge is 0.338 e. The van der Waals surface area contributed by atoms with Gasteiger partial charge in [-0.15, -0.1) is 0 Å². The number of amides is 1. The lowest BCUT2D eigenvalue weighted by Gasteiger charge is -2.10. The van der Waals surface area contributed by atoms with E-state index in [-0.39, 0.29) is 5.91 Å². The third kappa shape index (κ3) is 16.8. The third-order valence-corrected chi connectivity index (χ3v) is 5.83. The molecule has 5 nitrogen and oxygen atoms in total. The van der Waals surface area contributed by atoms with Crippen molar-refractivity contribution in [1.29, 1.82) is 0 Å². The first kappa shape index (κ1) is 25.4. The molecule has 0 aromatic rings. The molecule has 1 amide bonds. The van der Waals surface area contributed by atoms with Crippen molar-refractivity contribution in [2.45, 2.75) is 122 Å². The first-order chi connectivity index (χ1) is 12.4. The molecule has 0 aliphatic carbocycles. The third-order valence-electron chi connectivity index (χ3n) is 4.82. The van der Waals surface area contributed by atoms with E-state index in [4.69, 9.17) is 4.55 Å². The highest BCUT2D eigenvalue weighted by atomic mass is 32.2. The van der Waals surface area contributed by atoms with Crippen molar-refractivity contribution in [1.82, 2.24) is 5.32 Å². The molecule has 0 heterocycles. The average Bonchev–Trinajstić information content (AvgIpc) is 2.57. The molecule has 0 aliphatic heterocycles. The van der Waals surface area contributed by atoms with Crippen LogP contribution >= 0.6 is 0 Å². The highest BCUT2D eigenvalue weighted by molar-refractivity contribution is 7.86. The Morgan fingerprint density at radius 1 is 0.769 bits per heavy atom. The topological polar surface area (TPSA) is 83.5 Å². The Morgan fingerprint density at radius 2 is 1.12 bits per heavy atom. The second kappa shape index (κ2) is 16.5. The van der Waals surface area contributed by atoms with Crippen molar-refractivity contribution in [3.05, 3.63) is 0 Å². The summed E-state index contributed by atoms with van der Waals surface area (Å²) in [6.45, 7) is 3.52. The normalized spacial score (nSPS) is 12.9. The number of unbranched alkanes of at least 4 members (excludes halogenated alkanes) is 14. The zero-order valence-electron chi connectivity index (χ0n) is 17.0. The van der Waals surface area contributed by atoms with Gasteiger partial charge in [-0.05, 0) is 13.3 Å². The minimum absolute atomic E-state index is 0.315. The minimum Gasteiger partial charge on any atom is -0.338 e. The van der Waals surface area contributed by atoms with Crippen LogP contribution in [0, 0.1) is 0 Å². The molecule has 0 spiro atoms. The van der Waals surface area contributed by atoms with Gasteiger partial charge in [-0.3, -0.25) is 9.35 Å². The summed E-state index contributed by atoms with van der Waals surface area (Å²) in [7, 11) is -4.19. The molecular formula is C20H41NO4S. The molecule has 26 heavy (non-hydrogen) atoms. The molecule has 0 aliphatic rings. The summed E-state index contributed by atoms with van der Waals surface area (Å²) in [5, 5.41) is 1.06. The molecule has 1 atom stereocenters. The molecule has 0 bridgehead atoms. The van der Waals surface area contributed by atoms with Gasteiger partial charge in [0.05, 0.1) is 0 Å². The lowest BCUT2D eigenvalue weighted by molar-refractivity contribution is -0.121. The second-order valence-corrected chi connectivity index (χ2v) is 9.16. The summed E-state index contributed by atoms with van der Waals surface area (Å²) in [6, 6.07) is 0. The van der Waals surface area contributed by atoms with Gasteiger partial charge in [0, 0.05) is 6.42 Å². The van der Waals surface area contributed by atoms with Gasteiger partial charge in [0.15, 0.2) is 5.37 Å². The predicted molar refractivity (Wildman–Crippen MR) is 109 cm³/mol. The monoisotopic (exact) mass is 391 g/mol. The summed E-state index contributed by atoms with van der Waals surface area (Å²) in [5.41, 5.74) is 0. The van der Waals surface area contributed by atoms with Crippen LogP contribution < -0.4 is 5.32 Å². The van der Waals surface area contributed by atoms with E-state index in [9.17, 15) is 13.2 Å². The van der Waals surface area contributed by atoms with Crippen molar-refractivity contribution >= 4 is 16.0 Å². The van der Waals surface area contributed by atoms with Crippen molar-refractivity contribution in [3.8, 4) is 0 Å². The molecular weight excluding hydrogens is 350 g/mol. The quantitative estimate of drug-likeness (QED) is 0.235. The molecule has 0 aromatic heterocycles. The first-order valence-electron chi connectivity index (χ1n) is 10.6. The minimum atomic E-state index is -4.19. The van der Waals surface area contributed by atoms with Crippen LogP contribution in [0.1, 0.15) is 117 Å². The molecule has 1 unspecified atom stereocenters. The van der Waals surface area contributed by atoms with Gasteiger partial charge in [0.1, 0.15) is 0 Å². The number of rotatable bonds is 18. The lowest BCUT2D eigenvalue weighted by atomic mass is 10.0. The van der Waals surface area contributed by atoms with Crippen LogP contribution in [0.5, 0.6) is 0 Å². The number of carbonyl (C=O) groups excluding carboxylic acids is 1. The molecule has 0 saturated heterocycles. The summed E-state index contributed by atoms with van der Waals surface area (Å²) < 4.78 is 30.4. The van der Waals surface area contributed by atoms with Gasteiger partial charge in [-0.25, -0.2) is 0 Å². The summed E-state index contributed by atoms with van der Waals surface area (Å²) in [5.74, 6) is -0.315. The maximum Gasteiger partial charge on any atom is 0.285 e. The SMILES string of the molecule is CCCCCCCCCCCCCCCCCC(=O)NC(C)S(=O)(=O)O. The fraction of sp³-hybridized carbons (Fsp3) is 0.950. The lowest BCUT2D eigenvalue weighted by Crippen LogP contribution is -2.37. The van der Waals surface area contributed by atoms with E-state index in [1.165, 1.54) is 84.0 Å². The van der Waals surface area contributed by atoms with Gasteiger partial charge in [-0.2, -0.15) is 8.42 Å². The van der Waals surface area contributed by atoms with Crippen LogP contribution in [0.4, 0.5) is 0 Å². The highest BCUT2D eigenvalue weighted by Gasteiger charge is 2.18. The van der Waals surface area contributed by atoms with Gasteiger partial charge in [-0.1, -0.05) is 96.8 Å². The number of carbonyl (C=O) groups is 1. The Balaban J connectivity index is 3.28. The van der Waals surface area contributed by atoms with E-state index in [1.807, 2.05) is 0 Å². The standard InChI is InChI=1S/C20H41NO4S/c1-3-4-5-6-7-8-9-10-11-12-13-14-15-16-17-18-20(22)21-19(2)26(23,24)25/h19H,3-18H2,1-2H3,(H,21,22)(H,23,24,25). The smallest absolute Gasteiger partial charge is 0.285 e. The number of hydrogen-bond acceptors (Lipinski definition) is 3. The highest BCUT2D eigenvalue weighted by Crippen LogP contribution is 2.13. The van der Waals surface area contributed by atoms with Crippen LogP contribution in [0.3, 0.4) is 0 Å². The Bertz CT molecular complexity index is 437. The Morgan fingerprint density at radius 3 is 1.46 bits per heavy atom. The van der Waals surface area contributed by atoms with E-state index >= 15 is 0 Å². The van der Waals surface area contributed by atoms with E-state index in [0.717, 1.165) is 19.3 Å². The van der Waals surface area contributed by atoms with Gasteiger partial charge >= 0.3 is 0 Å². The van der Waals surface area contributed by atoms with E-state index < -0.39 is 15.5 Å². The second-order valence-electron chi connectivity index (χ2n) is 7.42. The molecule has 0 rings (SSSR count). The van der Waals surface area contributed by atoms with Crippen molar-refractivity contribution in [2.24, 2.45) is 0 Å². The fourth-order valence-corrected chi connectivity index (χ4v) is 3.31.